The van der Waals surface area contributed by atoms with Crippen LogP contribution in [0.3, 0.4) is 0 Å². The van der Waals surface area contributed by atoms with Crippen molar-refractivity contribution in [2.75, 3.05) is 43.0 Å². The van der Waals surface area contributed by atoms with Crippen LogP contribution in [-0.2, 0) is 0 Å². The minimum atomic E-state index is -0.964. The molecule has 5 rings (SSSR count). The number of fused-ring (bicyclic) bond motifs is 1. The molecule has 0 radical (unpaired) electrons. The lowest BCUT2D eigenvalue weighted by atomic mass is 10.1. The topological polar surface area (TPSA) is 102 Å². The Morgan fingerprint density at radius 2 is 1.84 bits per heavy atom. The number of rotatable bonds is 5. The van der Waals surface area contributed by atoms with E-state index in [1.165, 1.54) is 34.4 Å². The first kappa shape index (κ1) is 25.4. The second-order valence-electron chi connectivity index (χ2n) is 9.29. The first-order valence-electron chi connectivity index (χ1n) is 12.0. The molecule has 1 amide bonds. The Hall–Kier alpha value is -4.24. The zero-order valence-electron chi connectivity index (χ0n) is 21.0. The molecule has 12 heteroatoms. The van der Waals surface area contributed by atoms with E-state index in [4.69, 9.17) is 4.98 Å². The summed E-state index contributed by atoms with van der Waals surface area (Å²) >= 11 is 1.19. The number of amides is 1. The summed E-state index contributed by atoms with van der Waals surface area (Å²) in [5.74, 6) is -0.241. The van der Waals surface area contributed by atoms with Crippen LogP contribution in [-0.4, -0.2) is 64.1 Å². The minimum absolute atomic E-state index is 0.103. The van der Waals surface area contributed by atoms with Gasteiger partial charge in [0.25, 0.3) is 0 Å². The SMILES string of the molecule is CC(C)n1nc2c(F)cc(N3CCN(C(=O)O)CC3)cc2c1N(C)c1nc(-c2ccc(F)cc2)c(C#N)s1. The molecule has 38 heavy (non-hydrogen) atoms. The van der Waals surface area contributed by atoms with Crippen LogP contribution in [0.2, 0.25) is 0 Å². The van der Waals surface area contributed by atoms with Gasteiger partial charge in [0.05, 0.1) is 0 Å². The van der Waals surface area contributed by atoms with Gasteiger partial charge in [-0.1, -0.05) is 11.3 Å². The highest BCUT2D eigenvalue weighted by molar-refractivity contribution is 7.16. The van der Waals surface area contributed by atoms with Crippen LogP contribution in [0.15, 0.2) is 36.4 Å². The number of anilines is 3. The highest BCUT2D eigenvalue weighted by Crippen LogP contribution is 2.40. The van der Waals surface area contributed by atoms with Crippen molar-refractivity contribution in [2.24, 2.45) is 0 Å². The number of nitriles is 1. The Morgan fingerprint density at radius 3 is 2.45 bits per heavy atom. The molecule has 3 heterocycles. The smallest absolute Gasteiger partial charge is 0.407 e. The summed E-state index contributed by atoms with van der Waals surface area (Å²) < 4.78 is 30.6. The predicted octanol–water partition coefficient (Wildman–Crippen LogP) is 5.46. The molecule has 0 spiro atoms. The summed E-state index contributed by atoms with van der Waals surface area (Å²) in [6.07, 6.45) is -0.964. The predicted molar refractivity (Wildman–Crippen MR) is 142 cm³/mol. The molecular formula is C26H25F2N7O2S. The van der Waals surface area contributed by atoms with Crippen molar-refractivity contribution in [2.45, 2.75) is 19.9 Å². The number of hydrogen-bond acceptors (Lipinski definition) is 7. The van der Waals surface area contributed by atoms with Crippen molar-refractivity contribution >= 4 is 45.0 Å². The fourth-order valence-electron chi connectivity index (χ4n) is 4.59. The minimum Gasteiger partial charge on any atom is -0.465 e. The molecule has 0 saturated carbocycles. The fraction of sp³-hybridized carbons (Fsp3) is 0.308. The van der Waals surface area contributed by atoms with E-state index in [2.05, 4.69) is 11.2 Å². The van der Waals surface area contributed by atoms with Gasteiger partial charge in [-0.25, -0.2) is 23.2 Å². The highest BCUT2D eigenvalue weighted by atomic mass is 32.1. The summed E-state index contributed by atoms with van der Waals surface area (Å²) in [6, 6.07) is 11.2. The van der Waals surface area contributed by atoms with Gasteiger partial charge in [0.1, 0.15) is 33.8 Å². The maximum absolute atomic E-state index is 15.4. The van der Waals surface area contributed by atoms with Gasteiger partial charge in [-0.05, 0) is 50.2 Å². The zero-order valence-corrected chi connectivity index (χ0v) is 21.8. The molecule has 1 aliphatic rings. The number of piperazine rings is 1. The number of benzene rings is 2. The second kappa shape index (κ2) is 9.90. The van der Waals surface area contributed by atoms with Crippen LogP contribution in [0.1, 0.15) is 24.8 Å². The Balaban J connectivity index is 1.58. The average molecular weight is 538 g/mol. The van der Waals surface area contributed by atoms with Crippen molar-refractivity contribution in [1.29, 1.82) is 5.26 Å². The van der Waals surface area contributed by atoms with E-state index in [1.807, 2.05) is 24.8 Å². The third-order valence-corrected chi connectivity index (χ3v) is 7.59. The van der Waals surface area contributed by atoms with Crippen LogP contribution >= 0.6 is 11.3 Å². The standard InChI is InChI=1S/C26H25F2N7O2S/c1-15(2)35-24(32(3)25-30-22(21(14-29)38-25)16-4-6-17(27)7-5-16)19-12-18(13-20(28)23(19)31-35)33-8-10-34(11-9-33)26(36)37/h4-7,12-13,15H,8-11H2,1-3H3,(H,36,37). The Labute approximate surface area is 221 Å². The molecule has 1 saturated heterocycles. The number of thiazole rings is 1. The van der Waals surface area contributed by atoms with E-state index >= 15 is 4.39 Å². The van der Waals surface area contributed by atoms with Gasteiger partial charge < -0.3 is 19.8 Å². The Morgan fingerprint density at radius 1 is 1.16 bits per heavy atom. The quantitative estimate of drug-likeness (QED) is 0.361. The molecule has 4 aromatic rings. The van der Waals surface area contributed by atoms with Gasteiger partial charge in [-0.2, -0.15) is 10.4 Å². The van der Waals surface area contributed by atoms with Gasteiger partial charge >= 0.3 is 6.09 Å². The molecule has 0 aliphatic carbocycles. The van der Waals surface area contributed by atoms with Crippen LogP contribution in [0.4, 0.5) is 30.2 Å². The van der Waals surface area contributed by atoms with Crippen LogP contribution in [0.5, 0.6) is 0 Å². The van der Waals surface area contributed by atoms with Gasteiger partial charge in [-0.15, -0.1) is 0 Å². The molecule has 1 N–H and O–H groups in total. The summed E-state index contributed by atoms with van der Waals surface area (Å²) in [5, 5.41) is 24.7. The van der Waals surface area contributed by atoms with E-state index in [1.54, 1.807) is 28.8 Å². The lowest BCUT2D eigenvalue weighted by Crippen LogP contribution is -2.48. The molecule has 0 bridgehead atoms. The summed E-state index contributed by atoms with van der Waals surface area (Å²) in [7, 11) is 1.79. The highest BCUT2D eigenvalue weighted by Gasteiger charge is 2.27. The molecule has 0 unspecified atom stereocenters. The summed E-state index contributed by atoms with van der Waals surface area (Å²) in [4.78, 5) is 21.5. The first-order valence-corrected chi connectivity index (χ1v) is 12.8. The molecule has 2 aromatic carbocycles. The second-order valence-corrected chi connectivity index (χ2v) is 10.3. The number of carboxylic acid groups (broad SMARTS) is 1. The van der Waals surface area contributed by atoms with Crippen LogP contribution in [0, 0.1) is 23.0 Å². The van der Waals surface area contributed by atoms with Crippen molar-refractivity contribution in [3.63, 3.8) is 0 Å². The van der Waals surface area contributed by atoms with Crippen LogP contribution < -0.4 is 9.80 Å². The average Bonchev–Trinajstić information content (AvgIpc) is 3.51. The maximum atomic E-state index is 15.4. The number of halogens is 2. The third-order valence-electron chi connectivity index (χ3n) is 6.56. The van der Waals surface area contributed by atoms with E-state index in [0.717, 1.165) is 0 Å². The van der Waals surface area contributed by atoms with E-state index in [-0.39, 0.29) is 17.4 Å². The van der Waals surface area contributed by atoms with Crippen molar-refractivity contribution in [1.82, 2.24) is 19.7 Å². The number of carbonyl (C=O) groups is 1. The van der Waals surface area contributed by atoms with Crippen molar-refractivity contribution < 1.29 is 18.7 Å². The van der Waals surface area contributed by atoms with Crippen molar-refractivity contribution in [3.8, 4) is 17.3 Å². The van der Waals surface area contributed by atoms with E-state index in [0.29, 0.717) is 64.3 Å². The van der Waals surface area contributed by atoms with Gasteiger partial charge in [0.2, 0.25) is 0 Å². The Bertz CT molecular complexity index is 1550. The van der Waals surface area contributed by atoms with E-state index in [9.17, 15) is 19.6 Å². The normalized spacial score (nSPS) is 13.8. The lowest BCUT2D eigenvalue weighted by molar-refractivity contribution is 0.142. The molecule has 196 valence electrons. The van der Waals surface area contributed by atoms with Gasteiger partial charge in [0.15, 0.2) is 10.9 Å². The van der Waals surface area contributed by atoms with Crippen LogP contribution in [0.25, 0.3) is 22.2 Å². The first-order chi connectivity index (χ1) is 18.2. The summed E-state index contributed by atoms with van der Waals surface area (Å²) in [5.41, 5.74) is 1.92. The van der Waals surface area contributed by atoms with E-state index < -0.39 is 11.9 Å². The zero-order chi connectivity index (χ0) is 27.1. The molecular weight excluding hydrogens is 512 g/mol. The number of nitrogens with zero attached hydrogens (tertiary/aromatic N) is 7. The largest absolute Gasteiger partial charge is 0.465 e. The Kier molecular flexibility index (Phi) is 6.62. The molecule has 2 aromatic heterocycles. The maximum Gasteiger partial charge on any atom is 0.407 e. The molecule has 0 atom stereocenters. The molecule has 9 nitrogen and oxygen atoms in total. The fourth-order valence-corrected chi connectivity index (χ4v) is 5.44. The van der Waals surface area contributed by atoms with Gasteiger partial charge in [-0.3, -0.25) is 0 Å². The lowest BCUT2D eigenvalue weighted by Gasteiger charge is -2.34. The van der Waals surface area contributed by atoms with Crippen molar-refractivity contribution in [3.05, 3.63) is 52.9 Å². The molecule has 1 aliphatic heterocycles. The third kappa shape index (κ3) is 4.50. The summed E-state index contributed by atoms with van der Waals surface area (Å²) in [6.45, 7) is 5.43. The monoisotopic (exact) mass is 537 g/mol. The molecule has 1 fully saturated rings. The van der Waals surface area contributed by atoms with Gasteiger partial charge in [0, 0.05) is 55.9 Å². The number of aromatic nitrogens is 3. The number of hydrogen-bond donors (Lipinski definition) is 1.